The van der Waals surface area contributed by atoms with Gasteiger partial charge in [0, 0.05) is 37.8 Å². The number of aliphatic imine (C=N–C) groups is 1. The maximum Gasteiger partial charge on any atom is 0.222 e. The summed E-state index contributed by atoms with van der Waals surface area (Å²) < 4.78 is 1.93. The van der Waals surface area contributed by atoms with Gasteiger partial charge in [-0.05, 0) is 52.5 Å². The Bertz CT molecular complexity index is 651. The van der Waals surface area contributed by atoms with Gasteiger partial charge < -0.3 is 16.0 Å². The molecule has 0 saturated heterocycles. The van der Waals surface area contributed by atoms with Crippen molar-refractivity contribution in [2.75, 3.05) is 13.1 Å². The Morgan fingerprint density at radius 2 is 2.00 bits per heavy atom. The van der Waals surface area contributed by atoms with Crippen molar-refractivity contribution in [2.24, 2.45) is 12.0 Å². The lowest BCUT2D eigenvalue weighted by atomic mass is 10.1. The van der Waals surface area contributed by atoms with Gasteiger partial charge in [-0.15, -0.1) is 24.0 Å². The Morgan fingerprint density at radius 1 is 1.32 bits per heavy atom. The number of amides is 1. The van der Waals surface area contributed by atoms with E-state index in [-0.39, 0.29) is 35.9 Å². The molecule has 0 aliphatic heterocycles. The molecule has 1 aliphatic rings. The summed E-state index contributed by atoms with van der Waals surface area (Å²) in [6.07, 6.45) is 6.00. The van der Waals surface area contributed by atoms with Gasteiger partial charge in [-0.2, -0.15) is 5.10 Å². The average Bonchev–Trinajstić information content (AvgIpc) is 3.19. The molecule has 7 nitrogen and oxygen atoms in total. The Morgan fingerprint density at radius 3 is 2.57 bits per heavy atom. The van der Waals surface area contributed by atoms with E-state index < -0.39 is 0 Å². The maximum absolute atomic E-state index is 12.0. The first-order chi connectivity index (χ1) is 12.9. The number of guanidine groups is 1. The SMILES string of the molecule is CCNC(=NCCC(=O)NC1CCCC1)NC(C)Cc1c(C)nn(C)c1C.I. The molecule has 8 heteroatoms. The normalized spacial score (nSPS) is 15.8. The smallest absolute Gasteiger partial charge is 0.222 e. The van der Waals surface area contributed by atoms with Gasteiger partial charge in [-0.1, -0.05) is 12.8 Å². The summed E-state index contributed by atoms with van der Waals surface area (Å²) in [4.78, 5) is 16.6. The van der Waals surface area contributed by atoms with E-state index in [2.05, 4.69) is 46.8 Å². The van der Waals surface area contributed by atoms with Crippen molar-refractivity contribution >= 4 is 35.8 Å². The van der Waals surface area contributed by atoms with Crippen molar-refractivity contribution in [2.45, 2.75) is 78.3 Å². The minimum atomic E-state index is 0. The standard InChI is InChI=1S/C20H36N6O.HI/c1-6-21-20(22-12-11-19(27)24-17-9-7-8-10-17)23-14(2)13-18-15(3)25-26(5)16(18)4;/h14,17H,6-13H2,1-5H3,(H,24,27)(H2,21,22,23);1H. The Hall–Kier alpha value is -1.32. The van der Waals surface area contributed by atoms with Crippen molar-refractivity contribution in [3.63, 3.8) is 0 Å². The summed E-state index contributed by atoms with van der Waals surface area (Å²) in [6, 6.07) is 0.593. The van der Waals surface area contributed by atoms with Crippen LogP contribution in [-0.4, -0.2) is 46.8 Å². The quantitative estimate of drug-likeness (QED) is 0.289. The van der Waals surface area contributed by atoms with Gasteiger partial charge in [0.25, 0.3) is 0 Å². The molecule has 0 bridgehead atoms. The molecule has 1 fully saturated rings. The molecule has 1 heterocycles. The largest absolute Gasteiger partial charge is 0.357 e. The molecule has 0 spiro atoms. The van der Waals surface area contributed by atoms with Crippen molar-refractivity contribution < 1.29 is 4.79 Å². The number of nitrogens with one attached hydrogen (secondary N) is 3. The molecule has 3 N–H and O–H groups in total. The van der Waals surface area contributed by atoms with Crippen molar-refractivity contribution in [3.05, 3.63) is 17.0 Å². The molecule has 1 aromatic rings. The third-order valence-electron chi connectivity index (χ3n) is 5.23. The highest BCUT2D eigenvalue weighted by molar-refractivity contribution is 14.0. The highest BCUT2D eigenvalue weighted by atomic mass is 127. The van der Waals surface area contributed by atoms with Gasteiger partial charge in [0.2, 0.25) is 5.91 Å². The van der Waals surface area contributed by atoms with Crippen LogP contribution < -0.4 is 16.0 Å². The molecule has 1 amide bonds. The second kappa shape index (κ2) is 12.3. The first kappa shape index (κ1) is 24.7. The molecule has 1 atom stereocenters. The van der Waals surface area contributed by atoms with Gasteiger partial charge >= 0.3 is 0 Å². The maximum atomic E-state index is 12.0. The number of carbonyl (C=O) groups is 1. The Kier molecular flexibility index (Phi) is 10.8. The number of halogens is 1. The number of nitrogens with zero attached hydrogens (tertiary/aromatic N) is 3. The van der Waals surface area contributed by atoms with E-state index in [0.717, 1.165) is 37.5 Å². The molecule has 0 radical (unpaired) electrons. The van der Waals surface area contributed by atoms with E-state index in [9.17, 15) is 4.79 Å². The van der Waals surface area contributed by atoms with E-state index in [1.54, 1.807) is 0 Å². The van der Waals surface area contributed by atoms with Crippen LogP contribution in [0.3, 0.4) is 0 Å². The van der Waals surface area contributed by atoms with E-state index in [1.807, 2.05) is 18.7 Å². The van der Waals surface area contributed by atoms with Crippen LogP contribution in [0, 0.1) is 13.8 Å². The molecule has 1 aliphatic carbocycles. The molecular formula is C20H37IN6O. The highest BCUT2D eigenvalue weighted by Gasteiger charge is 2.17. The van der Waals surface area contributed by atoms with Crippen LogP contribution in [0.25, 0.3) is 0 Å². The molecule has 160 valence electrons. The Labute approximate surface area is 186 Å². The number of aryl methyl sites for hydroxylation is 2. The summed E-state index contributed by atoms with van der Waals surface area (Å²) in [5.74, 6) is 0.869. The monoisotopic (exact) mass is 504 g/mol. The van der Waals surface area contributed by atoms with E-state index >= 15 is 0 Å². The van der Waals surface area contributed by atoms with Crippen LogP contribution in [0.1, 0.15) is 62.9 Å². The molecular weight excluding hydrogens is 467 g/mol. The molecule has 1 saturated carbocycles. The highest BCUT2D eigenvalue weighted by Crippen LogP contribution is 2.17. The summed E-state index contributed by atoms with van der Waals surface area (Å²) in [7, 11) is 1.98. The van der Waals surface area contributed by atoms with Gasteiger partial charge in [-0.25, -0.2) is 0 Å². The zero-order valence-corrected chi connectivity index (χ0v) is 20.3. The number of rotatable bonds is 8. The van der Waals surface area contributed by atoms with E-state index in [1.165, 1.54) is 24.1 Å². The number of hydrogen-bond acceptors (Lipinski definition) is 3. The van der Waals surface area contributed by atoms with E-state index in [4.69, 9.17) is 0 Å². The first-order valence-electron chi connectivity index (χ1n) is 10.2. The molecule has 1 aromatic heterocycles. The summed E-state index contributed by atoms with van der Waals surface area (Å²) in [6.45, 7) is 9.63. The third kappa shape index (κ3) is 7.60. The zero-order chi connectivity index (χ0) is 19.8. The van der Waals surface area contributed by atoms with Crippen molar-refractivity contribution in [1.82, 2.24) is 25.7 Å². The molecule has 28 heavy (non-hydrogen) atoms. The van der Waals surface area contributed by atoms with Crippen molar-refractivity contribution in [3.8, 4) is 0 Å². The topological polar surface area (TPSA) is 83.3 Å². The second-order valence-corrected chi connectivity index (χ2v) is 7.58. The lowest BCUT2D eigenvalue weighted by Crippen LogP contribution is -2.43. The van der Waals surface area contributed by atoms with Gasteiger partial charge in [0.05, 0.1) is 12.2 Å². The van der Waals surface area contributed by atoms with Crippen LogP contribution in [0.15, 0.2) is 4.99 Å². The van der Waals surface area contributed by atoms with Gasteiger partial charge in [-0.3, -0.25) is 14.5 Å². The summed E-state index contributed by atoms with van der Waals surface area (Å²) in [5.41, 5.74) is 3.56. The molecule has 2 rings (SSSR count). The second-order valence-electron chi connectivity index (χ2n) is 7.58. The fourth-order valence-electron chi connectivity index (χ4n) is 3.66. The summed E-state index contributed by atoms with van der Waals surface area (Å²) >= 11 is 0. The van der Waals surface area contributed by atoms with Crippen LogP contribution >= 0.6 is 24.0 Å². The summed E-state index contributed by atoms with van der Waals surface area (Å²) in [5, 5.41) is 14.3. The van der Waals surface area contributed by atoms with Crippen LogP contribution in [0.2, 0.25) is 0 Å². The fraction of sp³-hybridized carbons (Fsp3) is 0.750. The van der Waals surface area contributed by atoms with Crippen molar-refractivity contribution in [1.29, 1.82) is 0 Å². The van der Waals surface area contributed by atoms with Crippen LogP contribution in [0.5, 0.6) is 0 Å². The lowest BCUT2D eigenvalue weighted by Gasteiger charge is -2.18. The molecule has 0 aromatic carbocycles. The zero-order valence-electron chi connectivity index (χ0n) is 18.0. The number of carbonyl (C=O) groups excluding carboxylic acids is 1. The van der Waals surface area contributed by atoms with Crippen LogP contribution in [-0.2, 0) is 18.3 Å². The van der Waals surface area contributed by atoms with Gasteiger partial charge in [0.1, 0.15) is 0 Å². The van der Waals surface area contributed by atoms with Gasteiger partial charge in [0.15, 0.2) is 5.96 Å². The Balaban J connectivity index is 0.00000392. The predicted octanol–water partition coefficient (Wildman–Crippen LogP) is 2.59. The fourth-order valence-corrected chi connectivity index (χ4v) is 3.66. The number of aromatic nitrogens is 2. The van der Waals surface area contributed by atoms with Crippen LogP contribution in [0.4, 0.5) is 0 Å². The number of hydrogen-bond donors (Lipinski definition) is 3. The minimum absolute atomic E-state index is 0. The lowest BCUT2D eigenvalue weighted by molar-refractivity contribution is -0.121. The first-order valence-corrected chi connectivity index (χ1v) is 10.2. The molecule has 1 unspecified atom stereocenters. The third-order valence-corrected chi connectivity index (χ3v) is 5.23. The minimum Gasteiger partial charge on any atom is -0.357 e. The predicted molar refractivity (Wildman–Crippen MR) is 125 cm³/mol. The van der Waals surface area contributed by atoms with E-state index in [0.29, 0.717) is 19.0 Å². The average molecular weight is 504 g/mol.